The molecule has 4 saturated carbocycles. The molecule has 4 aliphatic carbocycles. The van der Waals surface area contributed by atoms with Crippen LogP contribution >= 0.6 is 11.6 Å². The Balaban J connectivity index is 1.51. The van der Waals surface area contributed by atoms with Crippen LogP contribution in [-0.4, -0.2) is 28.0 Å². The second-order valence-corrected chi connectivity index (χ2v) is 10.0. The molecule has 0 unspecified atom stereocenters. The van der Waals surface area contributed by atoms with Crippen molar-refractivity contribution in [2.45, 2.75) is 50.5 Å². The maximum atomic E-state index is 13.4. The van der Waals surface area contributed by atoms with E-state index in [1.807, 2.05) is 24.3 Å². The first kappa shape index (κ1) is 20.4. The highest BCUT2D eigenvalue weighted by molar-refractivity contribution is 6.33. The zero-order valence-corrected chi connectivity index (χ0v) is 18.2. The smallest absolute Gasteiger partial charge is 0.303 e. The highest BCUT2D eigenvalue weighted by Crippen LogP contribution is 2.65. The molecule has 0 spiro atoms. The van der Waals surface area contributed by atoms with Crippen molar-refractivity contribution < 1.29 is 14.6 Å². The molecule has 0 saturated heterocycles. The van der Waals surface area contributed by atoms with Gasteiger partial charge in [-0.3, -0.25) is 9.59 Å². The van der Waals surface area contributed by atoms with Gasteiger partial charge in [-0.15, -0.1) is 0 Å². The average molecular weight is 444 g/mol. The fourth-order valence-electron chi connectivity index (χ4n) is 6.93. The standard InChI is InChI=1S/C23H26ClN3O4/c1-31-18-5-3-2-4-16(18)26-17-12-25-27(21(30)20(17)24)23-9-14-6-15(10-23)8-22(7-14,13-23)11-19(28)29/h2-5,12,14-15,26H,6-11,13H2,1H3,(H,28,29)/t14-,15-,22?,23?/m0/s1. The molecule has 4 fully saturated rings. The topological polar surface area (TPSA) is 93.4 Å². The van der Waals surface area contributed by atoms with Gasteiger partial charge in [0.2, 0.25) is 0 Å². The number of carbonyl (C=O) groups is 1. The first-order chi connectivity index (χ1) is 14.8. The Morgan fingerprint density at radius 1 is 1.26 bits per heavy atom. The molecule has 2 atom stereocenters. The molecule has 4 bridgehead atoms. The maximum Gasteiger partial charge on any atom is 0.303 e. The molecule has 0 amide bonds. The zero-order chi connectivity index (χ0) is 21.8. The van der Waals surface area contributed by atoms with Crippen LogP contribution in [0.15, 0.2) is 35.3 Å². The van der Waals surface area contributed by atoms with E-state index < -0.39 is 11.5 Å². The highest BCUT2D eigenvalue weighted by Gasteiger charge is 2.59. The van der Waals surface area contributed by atoms with Crippen molar-refractivity contribution in [3.8, 4) is 5.75 Å². The number of methoxy groups -OCH3 is 1. The van der Waals surface area contributed by atoms with Crippen LogP contribution in [0.5, 0.6) is 5.75 Å². The van der Waals surface area contributed by atoms with Gasteiger partial charge in [0.25, 0.3) is 5.56 Å². The van der Waals surface area contributed by atoms with Crippen LogP contribution in [0.25, 0.3) is 0 Å². The Morgan fingerprint density at radius 2 is 1.97 bits per heavy atom. The van der Waals surface area contributed by atoms with Crippen LogP contribution in [-0.2, 0) is 10.3 Å². The van der Waals surface area contributed by atoms with Gasteiger partial charge in [-0.05, 0) is 67.9 Å². The van der Waals surface area contributed by atoms with Crippen molar-refractivity contribution in [1.29, 1.82) is 0 Å². The number of hydrogen-bond acceptors (Lipinski definition) is 5. The molecule has 7 nitrogen and oxygen atoms in total. The first-order valence-corrected chi connectivity index (χ1v) is 11.1. The predicted molar refractivity (Wildman–Crippen MR) is 117 cm³/mol. The lowest BCUT2D eigenvalue weighted by Gasteiger charge is -2.61. The summed E-state index contributed by atoms with van der Waals surface area (Å²) >= 11 is 6.53. The number of halogens is 1. The number of rotatable bonds is 6. The average Bonchev–Trinajstić information content (AvgIpc) is 2.69. The summed E-state index contributed by atoms with van der Waals surface area (Å²) < 4.78 is 6.93. The van der Waals surface area contributed by atoms with E-state index in [9.17, 15) is 14.7 Å². The molecule has 4 aliphatic rings. The molecule has 31 heavy (non-hydrogen) atoms. The zero-order valence-electron chi connectivity index (χ0n) is 17.4. The summed E-state index contributed by atoms with van der Waals surface area (Å²) in [5, 5.41) is 17.3. The first-order valence-electron chi connectivity index (χ1n) is 10.7. The molecular formula is C23H26ClN3O4. The highest BCUT2D eigenvalue weighted by atomic mass is 35.5. The molecule has 1 aromatic carbocycles. The van der Waals surface area contributed by atoms with E-state index in [0.717, 1.165) is 32.1 Å². The fraction of sp³-hybridized carbons (Fsp3) is 0.522. The predicted octanol–water partition coefficient (Wildman–Crippen LogP) is 4.42. The minimum Gasteiger partial charge on any atom is -0.495 e. The van der Waals surface area contributed by atoms with E-state index in [4.69, 9.17) is 16.3 Å². The Morgan fingerprint density at radius 3 is 2.65 bits per heavy atom. The van der Waals surface area contributed by atoms with Crippen LogP contribution in [0.3, 0.4) is 0 Å². The third-order valence-electron chi connectivity index (χ3n) is 7.42. The van der Waals surface area contributed by atoms with Crippen molar-refractivity contribution in [1.82, 2.24) is 9.78 Å². The molecule has 2 N–H and O–H groups in total. The third-order valence-corrected chi connectivity index (χ3v) is 7.79. The second kappa shape index (κ2) is 7.26. The fourth-order valence-corrected chi connectivity index (χ4v) is 7.10. The number of anilines is 2. The molecule has 0 radical (unpaired) electrons. The van der Waals surface area contributed by atoms with E-state index in [2.05, 4.69) is 10.4 Å². The Kier molecular flexibility index (Phi) is 4.77. The number of nitrogens with zero attached hydrogens (tertiary/aromatic N) is 2. The number of nitrogens with one attached hydrogen (secondary N) is 1. The summed E-state index contributed by atoms with van der Waals surface area (Å²) in [6.45, 7) is 0. The van der Waals surface area contributed by atoms with E-state index in [0.29, 0.717) is 35.4 Å². The number of aromatic nitrogens is 2. The Bertz CT molecular complexity index is 1080. The second-order valence-electron chi connectivity index (χ2n) is 9.67. The number of carboxylic acids is 1. The van der Waals surface area contributed by atoms with Crippen molar-refractivity contribution in [3.05, 3.63) is 45.8 Å². The van der Waals surface area contributed by atoms with Crippen LogP contribution in [0.2, 0.25) is 5.02 Å². The number of benzene rings is 1. The van der Waals surface area contributed by atoms with Crippen LogP contribution < -0.4 is 15.6 Å². The summed E-state index contributed by atoms with van der Waals surface area (Å²) in [6.07, 6.45) is 7.18. The van der Waals surface area contributed by atoms with Gasteiger partial charge in [-0.2, -0.15) is 5.10 Å². The molecule has 8 heteroatoms. The van der Waals surface area contributed by atoms with Gasteiger partial charge in [-0.1, -0.05) is 23.7 Å². The van der Waals surface area contributed by atoms with Crippen LogP contribution in [0.4, 0.5) is 11.4 Å². The largest absolute Gasteiger partial charge is 0.495 e. The van der Waals surface area contributed by atoms with E-state index in [-0.39, 0.29) is 22.4 Å². The summed E-state index contributed by atoms with van der Waals surface area (Å²) in [5.74, 6) is 0.769. The lowest BCUT2D eigenvalue weighted by molar-refractivity contribution is -0.151. The molecular weight excluding hydrogens is 418 g/mol. The van der Waals surface area contributed by atoms with Gasteiger partial charge in [0.1, 0.15) is 10.8 Å². The maximum absolute atomic E-state index is 13.4. The minimum atomic E-state index is -0.758. The normalized spacial score (nSPS) is 30.9. The molecule has 6 rings (SSSR count). The van der Waals surface area contributed by atoms with Crippen LogP contribution in [0.1, 0.15) is 44.9 Å². The third kappa shape index (κ3) is 3.39. The summed E-state index contributed by atoms with van der Waals surface area (Å²) in [4.78, 5) is 24.9. The van der Waals surface area contributed by atoms with Crippen LogP contribution in [0, 0.1) is 17.3 Å². The number of para-hydroxylation sites is 2. The summed E-state index contributed by atoms with van der Waals surface area (Å²) in [6, 6.07) is 7.39. The SMILES string of the molecule is COc1ccccc1Nc1cnn(C23C[C@H]4C[C@@H](CC(CC(=O)O)(C4)C2)C3)c(=O)c1Cl. The lowest BCUT2D eigenvalue weighted by atomic mass is 9.46. The summed E-state index contributed by atoms with van der Waals surface area (Å²) in [7, 11) is 1.58. The van der Waals surface area contributed by atoms with Gasteiger partial charge in [0.15, 0.2) is 0 Å². The van der Waals surface area contributed by atoms with Crippen molar-refractivity contribution in [3.63, 3.8) is 0 Å². The van der Waals surface area contributed by atoms with Gasteiger partial charge in [0.05, 0.1) is 36.6 Å². The number of ether oxygens (including phenoxy) is 1. The van der Waals surface area contributed by atoms with E-state index >= 15 is 0 Å². The lowest BCUT2D eigenvalue weighted by Crippen LogP contribution is -2.59. The van der Waals surface area contributed by atoms with E-state index in [1.165, 1.54) is 0 Å². The van der Waals surface area contributed by atoms with Crippen molar-refractivity contribution in [2.75, 3.05) is 12.4 Å². The quantitative estimate of drug-likeness (QED) is 0.686. The van der Waals surface area contributed by atoms with Crippen molar-refractivity contribution >= 4 is 28.9 Å². The minimum absolute atomic E-state index is 0.0870. The Hall–Kier alpha value is -2.54. The van der Waals surface area contributed by atoms with Crippen molar-refractivity contribution in [2.24, 2.45) is 17.3 Å². The molecule has 1 aromatic heterocycles. The molecule has 164 valence electrons. The monoisotopic (exact) mass is 443 g/mol. The number of aliphatic carboxylic acids is 1. The molecule has 2 aromatic rings. The molecule has 0 aliphatic heterocycles. The van der Waals surface area contributed by atoms with Gasteiger partial charge < -0.3 is 15.2 Å². The number of carboxylic acid groups (broad SMARTS) is 1. The van der Waals surface area contributed by atoms with Gasteiger partial charge in [0, 0.05) is 0 Å². The van der Waals surface area contributed by atoms with Gasteiger partial charge >= 0.3 is 5.97 Å². The van der Waals surface area contributed by atoms with E-state index in [1.54, 1.807) is 18.0 Å². The number of hydrogen-bond donors (Lipinski definition) is 2. The van der Waals surface area contributed by atoms with Gasteiger partial charge in [-0.25, -0.2) is 4.68 Å². The Labute approximate surface area is 185 Å². The molecule has 1 heterocycles. The summed E-state index contributed by atoms with van der Waals surface area (Å²) in [5.41, 5.74) is 0.119.